The van der Waals surface area contributed by atoms with Crippen LogP contribution >= 0.6 is 11.6 Å². The van der Waals surface area contributed by atoms with Gasteiger partial charge in [0.2, 0.25) is 0 Å². The predicted molar refractivity (Wildman–Crippen MR) is 79.2 cm³/mol. The van der Waals surface area contributed by atoms with Gasteiger partial charge in [0.05, 0.1) is 48.5 Å². The first-order valence-corrected chi connectivity index (χ1v) is 8.97. The van der Waals surface area contributed by atoms with Gasteiger partial charge in [-0.2, -0.15) is 8.42 Å². The van der Waals surface area contributed by atoms with Crippen LogP contribution in [0.4, 0.5) is 5.69 Å². The summed E-state index contributed by atoms with van der Waals surface area (Å²) >= 11 is 6.04. The van der Waals surface area contributed by atoms with Crippen LogP contribution in [0.1, 0.15) is 5.69 Å². The van der Waals surface area contributed by atoms with E-state index < -0.39 is 10.1 Å². The molecule has 3 heterocycles. The monoisotopic (exact) mass is 332 g/mol. The van der Waals surface area contributed by atoms with Crippen molar-refractivity contribution in [2.24, 2.45) is 5.92 Å². The lowest BCUT2D eigenvalue weighted by Crippen LogP contribution is -2.54. The molecule has 1 fully saturated rings. The van der Waals surface area contributed by atoms with Crippen LogP contribution in [-0.2, 0) is 25.5 Å². The van der Waals surface area contributed by atoms with Crippen LogP contribution in [0.5, 0.6) is 0 Å². The van der Waals surface area contributed by atoms with Crippen LogP contribution in [-0.4, -0.2) is 52.1 Å². The maximum atomic E-state index is 11.2. The highest BCUT2D eigenvalue weighted by Gasteiger charge is 2.37. The van der Waals surface area contributed by atoms with Gasteiger partial charge in [0, 0.05) is 18.7 Å². The summed E-state index contributed by atoms with van der Waals surface area (Å²) in [6, 6.07) is 2.00. The van der Waals surface area contributed by atoms with E-state index in [0.29, 0.717) is 24.7 Å². The third-order valence-electron chi connectivity index (χ3n) is 3.88. The topological polar surface area (TPSA) is 68.7 Å². The van der Waals surface area contributed by atoms with Gasteiger partial charge in [-0.25, -0.2) is 0 Å². The highest BCUT2D eigenvalue weighted by molar-refractivity contribution is 7.85. The molecule has 1 saturated heterocycles. The SMILES string of the molecule is CS(=O)(=O)OCC1Cc2ncc(Cl)cc2N2CCOC[C@H]12. The van der Waals surface area contributed by atoms with Crippen molar-refractivity contribution in [1.82, 2.24) is 4.98 Å². The van der Waals surface area contributed by atoms with Gasteiger partial charge in [-0.05, 0) is 12.5 Å². The van der Waals surface area contributed by atoms with E-state index >= 15 is 0 Å². The van der Waals surface area contributed by atoms with Crippen LogP contribution in [0.3, 0.4) is 0 Å². The fourth-order valence-corrected chi connectivity index (χ4v) is 3.51. The zero-order chi connectivity index (χ0) is 15.0. The van der Waals surface area contributed by atoms with E-state index in [1.54, 1.807) is 6.20 Å². The number of hydrogen-bond acceptors (Lipinski definition) is 6. The molecule has 0 aliphatic carbocycles. The summed E-state index contributed by atoms with van der Waals surface area (Å²) < 4.78 is 33.0. The number of aromatic nitrogens is 1. The molecule has 21 heavy (non-hydrogen) atoms. The highest BCUT2D eigenvalue weighted by atomic mass is 35.5. The molecule has 0 bridgehead atoms. The largest absolute Gasteiger partial charge is 0.377 e. The summed E-state index contributed by atoms with van der Waals surface area (Å²) in [7, 11) is -3.45. The van der Waals surface area contributed by atoms with Gasteiger partial charge >= 0.3 is 0 Å². The van der Waals surface area contributed by atoms with Gasteiger partial charge in [-0.3, -0.25) is 9.17 Å². The number of ether oxygens (including phenoxy) is 1. The van der Waals surface area contributed by atoms with Gasteiger partial charge in [-0.15, -0.1) is 0 Å². The van der Waals surface area contributed by atoms with Crippen LogP contribution in [0.2, 0.25) is 5.02 Å². The number of rotatable bonds is 3. The van der Waals surface area contributed by atoms with E-state index in [1.807, 2.05) is 6.07 Å². The average molecular weight is 333 g/mol. The minimum absolute atomic E-state index is 0.0289. The zero-order valence-corrected chi connectivity index (χ0v) is 13.2. The third-order valence-corrected chi connectivity index (χ3v) is 4.66. The summed E-state index contributed by atoms with van der Waals surface area (Å²) in [4.78, 5) is 6.59. The normalized spacial score (nSPS) is 25.3. The molecule has 1 aromatic rings. The first kappa shape index (κ1) is 15.0. The van der Waals surface area contributed by atoms with Crippen molar-refractivity contribution in [3.8, 4) is 0 Å². The van der Waals surface area contributed by atoms with Crippen molar-refractivity contribution in [2.45, 2.75) is 12.5 Å². The molecule has 2 aliphatic heterocycles. The Kier molecular flexibility index (Phi) is 4.09. The van der Waals surface area contributed by atoms with Gasteiger partial charge in [0.25, 0.3) is 10.1 Å². The number of fused-ring (bicyclic) bond motifs is 3. The molecular weight excluding hydrogens is 316 g/mol. The Bertz CT molecular complexity index is 637. The molecule has 0 aromatic carbocycles. The molecule has 0 saturated carbocycles. The molecule has 0 amide bonds. The van der Waals surface area contributed by atoms with E-state index in [4.69, 9.17) is 20.5 Å². The lowest BCUT2D eigenvalue weighted by molar-refractivity contribution is 0.0608. The van der Waals surface area contributed by atoms with Crippen molar-refractivity contribution < 1.29 is 17.3 Å². The van der Waals surface area contributed by atoms with Crippen molar-refractivity contribution >= 4 is 27.4 Å². The van der Waals surface area contributed by atoms with Gasteiger partial charge in [-0.1, -0.05) is 11.6 Å². The summed E-state index contributed by atoms with van der Waals surface area (Å²) in [6.07, 6.45) is 3.35. The van der Waals surface area contributed by atoms with Crippen LogP contribution < -0.4 is 4.90 Å². The van der Waals surface area contributed by atoms with Gasteiger partial charge in [0.1, 0.15) is 0 Å². The maximum Gasteiger partial charge on any atom is 0.264 e. The zero-order valence-electron chi connectivity index (χ0n) is 11.7. The molecule has 6 nitrogen and oxygen atoms in total. The summed E-state index contributed by atoms with van der Waals surface area (Å²) in [5, 5.41) is 0.602. The Morgan fingerprint density at radius 3 is 3.14 bits per heavy atom. The van der Waals surface area contributed by atoms with Crippen molar-refractivity contribution in [1.29, 1.82) is 0 Å². The molecule has 1 unspecified atom stereocenters. The Morgan fingerprint density at radius 1 is 1.57 bits per heavy atom. The molecule has 116 valence electrons. The summed E-state index contributed by atoms with van der Waals surface area (Å²) in [6.45, 7) is 2.09. The van der Waals surface area contributed by atoms with Gasteiger partial charge < -0.3 is 9.64 Å². The van der Waals surface area contributed by atoms with Crippen LogP contribution in [0, 0.1) is 5.92 Å². The molecule has 8 heteroatoms. The minimum atomic E-state index is -3.45. The van der Waals surface area contributed by atoms with Gasteiger partial charge in [0.15, 0.2) is 0 Å². The van der Waals surface area contributed by atoms with Crippen LogP contribution in [0.25, 0.3) is 0 Å². The van der Waals surface area contributed by atoms with E-state index in [2.05, 4.69) is 9.88 Å². The molecule has 3 rings (SSSR count). The molecule has 0 N–H and O–H groups in total. The van der Waals surface area contributed by atoms with Crippen LogP contribution in [0.15, 0.2) is 12.3 Å². The minimum Gasteiger partial charge on any atom is -0.377 e. The first-order chi connectivity index (χ1) is 9.94. The van der Waals surface area contributed by atoms with E-state index in [0.717, 1.165) is 24.2 Å². The number of nitrogens with zero attached hydrogens (tertiary/aromatic N) is 2. The fraction of sp³-hybridized carbons (Fsp3) is 0.615. The van der Waals surface area contributed by atoms with E-state index in [1.165, 1.54) is 0 Å². The van der Waals surface area contributed by atoms with Crippen molar-refractivity contribution in [3.63, 3.8) is 0 Å². The summed E-state index contributed by atoms with van der Waals surface area (Å²) in [5.74, 6) is 0.0289. The van der Waals surface area contributed by atoms with E-state index in [9.17, 15) is 8.42 Å². The number of hydrogen-bond donors (Lipinski definition) is 0. The number of halogens is 1. The van der Waals surface area contributed by atoms with E-state index in [-0.39, 0.29) is 18.6 Å². The average Bonchev–Trinajstić information content (AvgIpc) is 2.44. The lowest BCUT2D eigenvalue weighted by Gasteiger charge is -2.45. The highest BCUT2D eigenvalue weighted by Crippen LogP contribution is 2.35. The molecule has 1 aromatic heterocycles. The summed E-state index contributed by atoms with van der Waals surface area (Å²) in [5.41, 5.74) is 1.95. The lowest BCUT2D eigenvalue weighted by atomic mass is 9.88. The Labute approximate surface area is 129 Å². The maximum absolute atomic E-state index is 11.2. The standard InChI is InChI=1S/C13H17ClN2O4S/c1-21(17,18)20-7-9-4-11-12(5-10(14)6-15-11)16-2-3-19-8-13(9)16/h5-6,9,13H,2-4,7-8H2,1H3/t9?,13-/m1/s1. The molecule has 2 atom stereocenters. The number of anilines is 1. The Morgan fingerprint density at radius 2 is 2.38 bits per heavy atom. The molecule has 0 spiro atoms. The third kappa shape index (κ3) is 3.31. The smallest absolute Gasteiger partial charge is 0.264 e. The second-order valence-corrected chi connectivity index (χ2v) is 7.49. The van der Waals surface area contributed by atoms with Crippen molar-refractivity contribution in [3.05, 3.63) is 23.0 Å². The second-order valence-electron chi connectivity index (χ2n) is 5.41. The second kappa shape index (κ2) is 5.72. The quantitative estimate of drug-likeness (QED) is 0.772. The Hall–Kier alpha value is -0.890. The number of pyridine rings is 1. The van der Waals surface area contributed by atoms with Crippen molar-refractivity contribution in [2.75, 3.05) is 37.5 Å². The predicted octanol–water partition coefficient (Wildman–Crippen LogP) is 1.09. The fourth-order valence-electron chi connectivity index (χ4n) is 2.94. The molecule has 2 aliphatic rings. The molecular formula is C13H17ClN2O4S. The number of morpholine rings is 1. The first-order valence-electron chi connectivity index (χ1n) is 6.77. The Balaban J connectivity index is 1.88. The molecule has 0 radical (unpaired) electrons.